The summed E-state index contributed by atoms with van der Waals surface area (Å²) in [5, 5.41) is 0. The summed E-state index contributed by atoms with van der Waals surface area (Å²) in [6, 6.07) is 4.39. The average molecular weight is 171 g/mol. The second-order valence-corrected chi connectivity index (χ2v) is 2.78. The minimum atomic E-state index is 0. The molecule has 2 rings (SSSR count). The molecule has 1 heterocycles. The highest BCUT2D eigenvalue weighted by Crippen LogP contribution is 2.17. The summed E-state index contributed by atoms with van der Waals surface area (Å²) < 4.78 is 0. The van der Waals surface area contributed by atoms with Gasteiger partial charge in [-0.25, -0.2) is 0 Å². The van der Waals surface area contributed by atoms with Crippen LogP contribution in [0.4, 0.5) is 0 Å². The molecule has 1 aliphatic carbocycles. The lowest BCUT2D eigenvalue weighted by Crippen LogP contribution is -2.19. The van der Waals surface area contributed by atoms with Crippen molar-refractivity contribution in [1.82, 2.24) is 4.98 Å². The number of fused-ring (bicyclic) bond motifs is 1. The molecule has 0 aromatic carbocycles. The summed E-state index contributed by atoms with van der Waals surface area (Å²) in [4.78, 5) is 4.23. The van der Waals surface area contributed by atoms with Crippen LogP contribution in [0.1, 0.15) is 11.3 Å². The number of aromatic nitrogens is 1. The predicted molar refractivity (Wildman–Crippen MR) is 46.9 cm³/mol. The molecule has 1 aromatic heterocycles. The van der Waals surface area contributed by atoms with Gasteiger partial charge in [0.25, 0.3) is 0 Å². The van der Waals surface area contributed by atoms with Gasteiger partial charge < -0.3 is 5.73 Å². The van der Waals surface area contributed by atoms with E-state index in [1.807, 2.05) is 12.3 Å². The summed E-state index contributed by atoms with van der Waals surface area (Å²) in [5.41, 5.74) is 8.26. The van der Waals surface area contributed by atoms with Gasteiger partial charge in [0.1, 0.15) is 0 Å². The fourth-order valence-electron chi connectivity index (χ4n) is 1.44. The van der Waals surface area contributed by atoms with E-state index in [1.165, 1.54) is 11.3 Å². The highest BCUT2D eigenvalue weighted by atomic mass is 35.5. The van der Waals surface area contributed by atoms with Crippen LogP contribution in [0.15, 0.2) is 18.3 Å². The normalized spacial score (nSPS) is 20.6. The highest BCUT2D eigenvalue weighted by molar-refractivity contribution is 5.85. The third-order valence-corrected chi connectivity index (χ3v) is 1.92. The maximum Gasteiger partial charge on any atom is 0.0451 e. The van der Waals surface area contributed by atoms with Crippen molar-refractivity contribution < 1.29 is 0 Å². The number of hydrogen-bond donors (Lipinski definition) is 1. The Hall–Kier alpha value is -0.600. The van der Waals surface area contributed by atoms with Crippen LogP contribution in [0.25, 0.3) is 0 Å². The van der Waals surface area contributed by atoms with Crippen LogP contribution in [0.2, 0.25) is 0 Å². The number of nitrogens with zero attached hydrogens (tertiary/aromatic N) is 1. The molecule has 0 saturated heterocycles. The van der Waals surface area contributed by atoms with Crippen molar-refractivity contribution in [2.75, 3.05) is 0 Å². The minimum Gasteiger partial charge on any atom is -0.327 e. The molecule has 60 valence electrons. The molecule has 0 bridgehead atoms. The zero-order valence-corrected chi connectivity index (χ0v) is 6.97. The SMILES string of the molecule is Cl.NC1Cc2cccnc2C1. The van der Waals surface area contributed by atoms with Crippen molar-refractivity contribution in [1.29, 1.82) is 0 Å². The molecule has 1 atom stereocenters. The van der Waals surface area contributed by atoms with Crippen molar-refractivity contribution in [3.05, 3.63) is 29.6 Å². The number of pyridine rings is 1. The third kappa shape index (κ3) is 1.52. The van der Waals surface area contributed by atoms with Crippen LogP contribution in [0.5, 0.6) is 0 Å². The molecule has 0 spiro atoms. The van der Waals surface area contributed by atoms with Crippen LogP contribution in [-0.2, 0) is 12.8 Å². The Balaban J connectivity index is 0.000000605. The van der Waals surface area contributed by atoms with E-state index in [4.69, 9.17) is 5.73 Å². The average Bonchev–Trinajstić information content (AvgIpc) is 2.27. The lowest BCUT2D eigenvalue weighted by atomic mass is 10.2. The molecule has 0 radical (unpaired) electrons. The first kappa shape index (κ1) is 8.50. The Morgan fingerprint density at radius 2 is 2.27 bits per heavy atom. The number of nitrogens with two attached hydrogens (primary N) is 1. The molecular weight excluding hydrogens is 160 g/mol. The predicted octanol–water partition coefficient (Wildman–Crippen LogP) is 0.929. The Labute approximate surface area is 72.2 Å². The Morgan fingerprint density at radius 3 is 3.00 bits per heavy atom. The first-order valence-electron chi connectivity index (χ1n) is 3.54. The van der Waals surface area contributed by atoms with Gasteiger partial charge in [-0.3, -0.25) is 4.98 Å². The lowest BCUT2D eigenvalue weighted by Gasteiger charge is -1.94. The molecule has 2 N–H and O–H groups in total. The van der Waals surface area contributed by atoms with Crippen molar-refractivity contribution in [2.24, 2.45) is 5.73 Å². The maximum atomic E-state index is 5.74. The van der Waals surface area contributed by atoms with Gasteiger partial charge in [-0.15, -0.1) is 12.4 Å². The fourth-order valence-corrected chi connectivity index (χ4v) is 1.44. The molecule has 3 heteroatoms. The number of hydrogen-bond acceptors (Lipinski definition) is 2. The molecule has 1 aliphatic rings. The zero-order chi connectivity index (χ0) is 6.97. The Morgan fingerprint density at radius 1 is 1.45 bits per heavy atom. The first-order chi connectivity index (χ1) is 4.86. The Bertz CT molecular complexity index is 225. The standard InChI is InChI=1S/C8H10N2.ClH/c9-7-4-6-2-1-3-10-8(6)5-7;/h1-3,7H,4-5,9H2;1H. The minimum absolute atomic E-state index is 0. The van der Waals surface area contributed by atoms with E-state index >= 15 is 0 Å². The molecule has 11 heavy (non-hydrogen) atoms. The van der Waals surface area contributed by atoms with Crippen LogP contribution in [0.3, 0.4) is 0 Å². The van der Waals surface area contributed by atoms with Crippen LogP contribution < -0.4 is 5.73 Å². The molecule has 0 saturated carbocycles. The smallest absolute Gasteiger partial charge is 0.0451 e. The lowest BCUT2D eigenvalue weighted by molar-refractivity contribution is 0.716. The largest absolute Gasteiger partial charge is 0.327 e. The summed E-state index contributed by atoms with van der Waals surface area (Å²) in [6.45, 7) is 0. The summed E-state index contributed by atoms with van der Waals surface area (Å²) >= 11 is 0. The van der Waals surface area contributed by atoms with Gasteiger partial charge in [0.15, 0.2) is 0 Å². The molecule has 1 aromatic rings. The summed E-state index contributed by atoms with van der Waals surface area (Å²) in [6.07, 6.45) is 3.79. The first-order valence-corrected chi connectivity index (χ1v) is 3.54. The van der Waals surface area contributed by atoms with Crippen LogP contribution in [-0.4, -0.2) is 11.0 Å². The van der Waals surface area contributed by atoms with Gasteiger partial charge in [0, 0.05) is 24.4 Å². The summed E-state index contributed by atoms with van der Waals surface area (Å²) in [7, 11) is 0. The van der Waals surface area contributed by atoms with E-state index in [-0.39, 0.29) is 12.4 Å². The molecule has 2 nitrogen and oxygen atoms in total. The highest BCUT2D eigenvalue weighted by Gasteiger charge is 2.17. The van der Waals surface area contributed by atoms with E-state index in [1.54, 1.807) is 0 Å². The van der Waals surface area contributed by atoms with Gasteiger partial charge in [-0.2, -0.15) is 0 Å². The molecule has 0 aliphatic heterocycles. The molecular formula is C8H11ClN2. The van der Waals surface area contributed by atoms with E-state index in [9.17, 15) is 0 Å². The van der Waals surface area contributed by atoms with Crippen molar-refractivity contribution in [3.8, 4) is 0 Å². The molecule has 0 fully saturated rings. The monoisotopic (exact) mass is 170 g/mol. The topological polar surface area (TPSA) is 38.9 Å². The van der Waals surface area contributed by atoms with Gasteiger partial charge in [0.05, 0.1) is 0 Å². The summed E-state index contributed by atoms with van der Waals surface area (Å²) in [5.74, 6) is 0. The van der Waals surface area contributed by atoms with Crippen LogP contribution >= 0.6 is 12.4 Å². The quantitative estimate of drug-likeness (QED) is 0.629. The van der Waals surface area contributed by atoms with Crippen molar-refractivity contribution in [3.63, 3.8) is 0 Å². The molecule has 1 unspecified atom stereocenters. The number of halogens is 1. The van der Waals surface area contributed by atoms with E-state index in [2.05, 4.69) is 11.1 Å². The maximum absolute atomic E-state index is 5.74. The molecule has 0 amide bonds. The van der Waals surface area contributed by atoms with Gasteiger partial charge in [-0.05, 0) is 18.1 Å². The zero-order valence-electron chi connectivity index (χ0n) is 6.16. The van der Waals surface area contributed by atoms with E-state index < -0.39 is 0 Å². The van der Waals surface area contributed by atoms with Crippen LogP contribution in [0, 0.1) is 0 Å². The Kier molecular flexibility index (Phi) is 2.47. The van der Waals surface area contributed by atoms with Crippen molar-refractivity contribution in [2.45, 2.75) is 18.9 Å². The second kappa shape index (κ2) is 3.20. The van der Waals surface area contributed by atoms with Gasteiger partial charge in [0.2, 0.25) is 0 Å². The van der Waals surface area contributed by atoms with Crippen molar-refractivity contribution >= 4 is 12.4 Å². The fraction of sp³-hybridized carbons (Fsp3) is 0.375. The third-order valence-electron chi connectivity index (χ3n) is 1.92. The van der Waals surface area contributed by atoms with E-state index in [0.717, 1.165) is 12.8 Å². The van der Waals surface area contributed by atoms with Gasteiger partial charge in [-0.1, -0.05) is 6.07 Å². The second-order valence-electron chi connectivity index (χ2n) is 2.78. The number of rotatable bonds is 0. The van der Waals surface area contributed by atoms with E-state index in [0.29, 0.717) is 6.04 Å². The van der Waals surface area contributed by atoms with Gasteiger partial charge >= 0.3 is 0 Å².